The molecule has 0 heterocycles. The van der Waals surface area contributed by atoms with Crippen LogP contribution in [0.5, 0.6) is 0 Å². The van der Waals surface area contributed by atoms with Crippen molar-refractivity contribution in [3.63, 3.8) is 0 Å². The Morgan fingerprint density at radius 3 is 2.31 bits per heavy atom. The van der Waals surface area contributed by atoms with Crippen molar-refractivity contribution in [1.82, 2.24) is 0 Å². The van der Waals surface area contributed by atoms with Crippen LogP contribution in [-0.4, -0.2) is 13.9 Å². The van der Waals surface area contributed by atoms with Crippen LogP contribution in [0.3, 0.4) is 0 Å². The summed E-state index contributed by atoms with van der Waals surface area (Å²) in [5, 5.41) is 0. The summed E-state index contributed by atoms with van der Waals surface area (Å²) in [5.41, 5.74) is 5.42. The fraction of sp³-hybridized carbons (Fsp3) is 0.643. The first-order chi connectivity index (χ1) is 7.13. The van der Waals surface area contributed by atoms with E-state index in [1.54, 1.807) is 0 Å². The zero-order valence-corrected chi connectivity index (χ0v) is 12.3. The summed E-state index contributed by atoms with van der Waals surface area (Å²) in [6.07, 6.45) is 1.61. The van der Waals surface area contributed by atoms with E-state index in [4.69, 9.17) is 0 Å². The number of hydrogen-bond acceptors (Lipinski definition) is 1. The van der Waals surface area contributed by atoms with Crippen LogP contribution >= 0.6 is 0 Å². The predicted octanol–water partition coefficient (Wildman–Crippen LogP) is 3.57. The van der Waals surface area contributed by atoms with Gasteiger partial charge in [0.05, 0.1) is 0 Å². The molecule has 0 spiro atoms. The first-order valence-corrected chi connectivity index (χ1v) is 9.41. The highest BCUT2D eigenvalue weighted by atomic mass is 28.3. The van der Waals surface area contributed by atoms with Gasteiger partial charge < -0.3 is 0 Å². The van der Waals surface area contributed by atoms with Crippen LogP contribution in [0.25, 0.3) is 0 Å². The highest BCUT2D eigenvalue weighted by Crippen LogP contribution is 2.38. The average Bonchev–Trinajstić information content (AvgIpc) is 2.10. The Hall–Kier alpha value is -0.813. The molecule has 0 N–H and O–H groups in total. The summed E-state index contributed by atoms with van der Waals surface area (Å²) in [6.45, 7) is 13.0. The molecule has 16 heavy (non-hydrogen) atoms. The maximum atomic E-state index is 11.7. The third-order valence-electron chi connectivity index (χ3n) is 3.01. The number of rotatable bonds is 0. The Bertz CT molecular complexity index is 397. The fourth-order valence-corrected chi connectivity index (χ4v) is 2.40. The van der Waals surface area contributed by atoms with Gasteiger partial charge in [0.2, 0.25) is 0 Å². The molecular weight excluding hydrogens is 212 g/mol. The molecule has 0 aromatic carbocycles. The van der Waals surface area contributed by atoms with Crippen LogP contribution in [0, 0.1) is 16.9 Å². The van der Waals surface area contributed by atoms with Gasteiger partial charge in [-0.15, -0.1) is 5.54 Å². The number of carbonyl (C=O) groups is 1. The van der Waals surface area contributed by atoms with Gasteiger partial charge in [0.1, 0.15) is 8.07 Å². The van der Waals surface area contributed by atoms with Crippen LogP contribution in [-0.2, 0) is 4.79 Å². The third kappa shape index (κ3) is 3.09. The van der Waals surface area contributed by atoms with E-state index in [1.807, 2.05) is 6.92 Å². The Balaban J connectivity index is 3.19. The Morgan fingerprint density at radius 2 is 1.81 bits per heavy atom. The maximum Gasteiger partial charge on any atom is 0.159 e. The molecule has 1 aliphatic rings. The lowest BCUT2D eigenvalue weighted by Gasteiger charge is -2.30. The minimum Gasteiger partial charge on any atom is -0.295 e. The fourth-order valence-electron chi connectivity index (χ4n) is 1.90. The van der Waals surface area contributed by atoms with E-state index >= 15 is 0 Å². The van der Waals surface area contributed by atoms with Gasteiger partial charge in [-0.2, -0.15) is 0 Å². The lowest BCUT2D eigenvalue weighted by Crippen LogP contribution is -2.25. The van der Waals surface area contributed by atoms with Gasteiger partial charge in [-0.1, -0.05) is 39.4 Å². The van der Waals surface area contributed by atoms with Crippen molar-refractivity contribution in [1.29, 1.82) is 0 Å². The number of hydrogen-bond donors (Lipinski definition) is 0. The van der Waals surface area contributed by atoms with Crippen molar-refractivity contribution in [3.8, 4) is 11.5 Å². The second-order valence-electron chi connectivity index (χ2n) is 6.31. The zero-order chi connectivity index (χ0) is 12.6. The van der Waals surface area contributed by atoms with E-state index in [2.05, 4.69) is 45.0 Å². The molecule has 0 aromatic heterocycles. The molecule has 0 amide bonds. The normalized spacial score (nSPS) is 20.5. The highest BCUT2D eigenvalue weighted by molar-refractivity contribution is 6.83. The molecule has 0 saturated heterocycles. The molecule has 0 unspecified atom stereocenters. The summed E-state index contributed by atoms with van der Waals surface area (Å²) in [4.78, 5) is 11.7. The standard InChI is InChI=1S/C14H22OSi/c1-11-12(8-10-16(4,5)6)14(2,3)9-7-13(11)15/h7,9H2,1-6H3. The Morgan fingerprint density at radius 1 is 1.25 bits per heavy atom. The van der Waals surface area contributed by atoms with Gasteiger partial charge in [-0.25, -0.2) is 0 Å². The van der Waals surface area contributed by atoms with E-state index in [1.165, 1.54) is 0 Å². The van der Waals surface area contributed by atoms with Gasteiger partial charge in [0.15, 0.2) is 5.78 Å². The predicted molar refractivity (Wildman–Crippen MR) is 71.8 cm³/mol. The second kappa shape index (κ2) is 4.22. The van der Waals surface area contributed by atoms with Crippen molar-refractivity contribution in [3.05, 3.63) is 11.1 Å². The number of ketones is 1. The summed E-state index contributed by atoms with van der Waals surface area (Å²) < 4.78 is 0. The summed E-state index contributed by atoms with van der Waals surface area (Å²) in [6, 6.07) is 0. The molecule has 0 saturated carbocycles. The van der Waals surface area contributed by atoms with E-state index < -0.39 is 8.07 Å². The zero-order valence-electron chi connectivity index (χ0n) is 11.3. The van der Waals surface area contributed by atoms with E-state index in [9.17, 15) is 4.79 Å². The first kappa shape index (κ1) is 13.3. The lowest BCUT2D eigenvalue weighted by atomic mass is 9.73. The van der Waals surface area contributed by atoms with Gasteiger partial charge in [0.25, 0.3) is 0 Å². The number of carbonyl (C=O) groups excluding carboxylic acids is 1. The minimum atomic E-state index is -1.36. The van der Waals surface area contributed by atoms with E-state index in [0.29, 0.717) is 6.42 Å². The maximum absolute atomic E-state index is 11.7. The van der Waals surface area contributed by atoms with Crippen LogP contribution in [0.15, 0.2) is 11.1 Å². The highest BCUT2D eigenvalue weighted by Gasteiger charge is 2.31. The molecule has 1 aliphatic carbocycles. The quantitative estimate of drug-likeness (QED) is 0.462. The van der Waals surface area contributed by atoms with Crippen LogP contribution in [0.4, 0.5) is 0 Å². The molecule has 1 nitrogen and oxygen atoms in total. The Labute approximate surface area is 100 Å². The summed E-state index contributed by atoms with van der Waals surface area (Å²) in [7, 11) is -1.36. The van der Waals surface area contributed by atoms with Crippen molar-refractivity contribution >= 4 is 13.9 Å². The minimum absolute atomic E-state index is 0.0741. The van der Waals surface area contributed by atoms with Crippen LogP contribution in [0.2, 0.25) is 19.6 Å². The molecule has 0 aromatic rings. The SMILES string of the molecule is CC1=C(C#C[Si](C)(C)C)C(C)(C)CCC1=O. The molecule has 0 bridgehead atoms. The van der Waals surface area contributed by atoms with Crippen molar-refractivity contribution in [2.75, 3.05) is 0 Å². The van der Waals surface area contributed by atoms with Gasteiger partial charge >= 0.3 is 0 Å². The van der Waals surface area contributed by atoms with Crippen molar-refractivity contribution in [2.45, 2.75) is 53.3 Å². The van der Waals surface area contributed by atoms with Crippen LogP contribution in [0.1, 0.15) is 33.6 Å². The van der Waals surface area contributed by atoms with Gasteiger partial charge in [0, 0.05) is 17.6 Å². The van der Waals surface area contributed by atoms with Crippen LogP contribution < -0.4 is 0 Å². The summed E-state index contributed by atoms with van der Waals surface area (Å²) >= 11 is 0. The third-order valence-corrected chi connectivity index (χ3v) is 3.88. The molecule has 2 heteroatoms. The molecule has 0 aliphatic heterocycles. The van der Waals surface area contributed by atoms with Gasteiger partial charge in [-0.05, 0) is 18.8 Å². The van der Waals surface area contributed by atoms with Gasteiger partial charge in [-0.3, -0.25) is 4.79 Å². The molecule has 1 rings (SSSR count). The number of Topliss-reactive ketones (excluding diaryl/α,β-unsaturated/α-hetero) is 1. The van der Waals surface area contributed by atoms with E-state index in [-0.39, 0.29) is 11.2 Å². The van der Waals surface area contributed by atoms with Crippen molar-refractivity contribution in [2.24, 2.45) is 5.41 Å². The number of allylic oxidation sites excluding steroid dienone is 2. The molecule has 0 atom stereocenters. The van der Waals surface area contributed by atoms with E-state index in [0.717, 1.165) is 17.6 Å². The first-order valence-electron chi connectivity index (χ1n) is 5.91. The molecular formula is C14H22OSi. The molecule has 0 fully saturated rings. The topological polar surface area (TPSA) is 17.1 Å². The smallest absolute Gasteiger partial charge is 0.159 e. The second-order valence-corrected chi connectivity index (χ2v) is 11.1. The summed E-state index contributed by atoms with van der Waals surface area (Å²) in [5.74, 6) is 3.58. The molecule has 0 radical (unpaired) electrons. The monoisotopic (exact) mass is 234 g/mol. The molecule has 88 valence electrons. The van der Waals surface area contributed by atoms with Crippen molar-refractivity contribution < 1.29 is 4.79 Å². The lowest BCUT2D eigenvalue weighted by molar-refractivity contribution is -0.116. The Kier molecular flexibility index (Phi) is 3.49. The average molecular weight is 234 g/mol. The largest absolute Gasteiger partial charge is 0.295 e.